The van der Waals surface area contributed by atoms with Gasteiger partial charge in [0.1, 0.15) is 40.8 Å². The molecule has 1 aliphatic heterocycles. The molecule has 1 aliphatic carbocycles. The predicted octanol–water partition coefficient (Wildman–Crippen LogP) is 4.68. The molecule has 0 unspecified atom stereocenters. The fraction of sp³-hybridized carbons (Fsp3) is 0.481. The maximum Gasteiger partial charge on any atom is 0.407 e. The number of ether oxygens (including phenoxy) is 2. The number of carboxylic acids is 1. The number of hydrogen-bond acceptors (Lipinski definition) is 7. The van der Waals surface area contributed by atoms with Crippen LogP contribution in [0.4, 0.5) is 19.4 Å². The molecule has 0 spiro atoms. The predicted molar refractivity (Wildman–Crippen MR) is 137 cm³/mol. The third-order valence-electron chi connectivity index (χ3n) is 6.86. The lowest BCUT2D eigenvalue weighted by molar-refractivity contribution is 0.0502. The molecule has 0 bridgehead atoms. The number of aromatic nitrogens is 3. The summed E-state index contributed by atoms with van der Waals surface area (Å²) in [6, 6.07) is 5.10. The van der Waals surface area contributed by atoms with E-state index in [1.807, 2.05) is 0 Å². The minimum Gasteiger partial charge on any atom is -0.490 e. The zero-order chi connectivity index (χ0) is 27.9. The van der Waals surface area contributed by atoms with Crippen molar-refractivity contribution in [3.05, 3.63) is 53.6 Å². The van der Waals surface area contributed by atoms with Crippen molar-refractivity contribution in [1.82, 2.24) is 19.9 Å². The second-order valence-corrected chi connectivity index (χ2v) is 11.0. The van der Waals surface area contributed by atoms with E-state index in [9.17, 15) is 23.5 Å². The van der Waals surface area contributed by atoms with E-state index in [2.05, 4.69) is 15.4 Å². The highest BCUT2D eigenvalue weighted by atomic mass is 19.1. The molecule has 1 saturated heterocycles. The molecule has 2 aromatic heterocycles. The number of alkyl carbamates (subject to hydrolysis) is 1. The molecule has 10 nitrogen and oxygen atoms in total. The Bertz CT molecular complexity index is 1390. The van der Waals surface area contributed by atoms with Crippen LogP contribution in [0.3, 0.4) is 0 Å². The van der Waals surface area contributed by atoms with E-state index in [4.69, 9.17) is 9.47 Å². The van der Waals surface area contributed by atoms with Crippen molar-refractivity contribution in [2.75, 3.05) is 11.4 Å². The van der Waals surface area contributed by atoms with Gasteiger partial charge in [0.2, 0.25) is 0 Å². The molecule has 4 atom stereocenters. The van der Waals surface area contributed by atoms with E-state index in [0.717, 1.165) is 0 Å². The van der Waals surface area contributed by atoms with Crippen molar-refractivity contribution >= 4 is 23.5 Å². The molecular formula is C27H31F2N5O5. The first kappa shape index (κ1) is 26.6. The maximum absolute atomic E-state index is 14.8. The Balaban J connectivity index is 1.37. The highest BCUT2D eigenvalue weighted by molar-refractivity contribution is 5.94. The minimum atomic E-state index is -1.21. The molecule has 1 saturated carbocycles. The topological polar surface area (TPSA) is 118 Å². The summed E-state index contributed by atoms with van der Waals surface area (Å²) in [5.41, 5.74) is -0.0658. The lowest BCUT2D eigenvalue weighted by atomic mass is 10.0. The lowest BCUT2D eigenvalue weighted by Gasteiger charge is -2.28. The molecule has 12 heteroatoms. The molecule has 2 N–H and O–H groups in total. The fourth-order valence-electron chi connectivity index (χ4n) is 5.22. The van der Waals surface area contributed by atoms with E-state index < -0.39 is 35.7 Å². The zero-order valence-electron chi connectivity index (χ0n) is 21.9. The molecule has 5 rings (SSSR count). The van der Waals surface area contributed by atoms with Crippen LogP contribution in [0.15, 0.2) is 36.7 Å². The summed E-state index contributed by atoms with van der Waals surface area (Å²) in [5.74, 6) is -0.871. The van der Waals surface area contributed by atoms with Gasteiger partial charge in [-0.15, -0.1) is 0 Å². The van der Waals surface area contributed by atoms with Crippen LogP contribution < -0.4 is 15.0 Å². The van der Waals surface area contributed by atoms with E-state index >= 15 is 0 Å². The standard InChI is InChI=1S/C27H31F2N5O5/c1-27(2,3)39-26(37)31-17-5-6-18(12-17)38-22-7-4-15(28)10-19(22)21-11-16(29)14-33(21)23-8-9-34-24(32-23)20(13-30-34)25(35)36/h4,7-10,13,16-18,21H,5-6,11-12,14H2,1-3H3,(H,31,37)(H,35,36)/t16-,17-,18+,21+/m0/s1. The number of alkyl halides is 1. The number of carbonyl (C=O) groups is 2. The van der Waals surface area contributed by atoms with Gasteiger partial charge in [-0.05, 0) is 57.9 Å². The van der Waals surface area contributed by atoms with Gasteiger partial charge in [-0.25, -0.2) is 27.9 Å². The monoisotopic (exact) mass is 543 g/mol. The second kappa shape index (κ2) is 10.3. The van der Waals surface area contributed by atoms with Gasteiger partial charge in [-0.2, -0.15) is 5.10 Å². The van der Waals surface area contributed by atoms with Gasteiger partial charge in [-0.1, -0.05) is 0 Å². The first-order chi connectivity index (χ1) is 18.5. The van der Waals surface area contributed by atoms with E-state index in [-0.39, 0.29) is 36.3 Å². The summed E-state index contributed by atoms with van der Waals surface area (Å²) >= 11 is 0. The van der Waals surface area contributed by atoms with Gasteiger partial charge in [0.25, 0.3) is 0 Å². The quantitative estimate of drug-likeness (QED) is 0.460. The van der Waals surface area contributed by atoms with Crippen molar-refractivity contribution in [1.29, 1.82) is 0 Å². The Morgan fingerprint density at radius 1 is 1.18 bits per heavy atom. The number of nitrogens with one attached hydrogen (secondary N) is 1. The number of anilines is 1. The molecular weight excluding hydrogens is 512 g/mol. The van der Waals surface area contributed by atoms with Gasteiger partial charge in [-0.3, -0.25) is 0 Å². The number of rotatable bonds is 6. The Labute approximate surface area is 223 Å². The van der Waals surface area contributed by atoms with Gasteiger partial charge < -0.3 is 24.8 Å². The average molecular weight is 544 g/mol. The SMILES string of the molecule is CC(C)(C)OC(=O)N[C@H]1CC[C@@H](Oc2ccc(F)cc2[C@H]2C[C@H](F)CN2c2ccn3ncc(C(=O)O)c3n2)C1. The molecule has 2 aliphatic rings. The fourth-order valence-corrected chi connectivity index (χ4v) is 5.22. The number of hydrogen-bond donors (Lipinski definition) is 2. The summed E-state index contributed by atoms with van der Waals surface area (Å²) in [4.78, 5) is 29.9. The van der Waals surface area contributed by atoms with Gasteiger partial charge in [0.05, 0.1) is 18.8 Å². The smallest absolute Gasteiger partial charge is 0.407 e. The van der Waals surface area contributed by atoms with Crippen molar-refractivity contribution in [3.63, 3.8) is 0 Å². The largest absolute Gasteiger partial charge is 0.490 e. The third-order valence-corrected chi connectivity index (χ3v) is 6.86. The molecule has 0 radical (unpaired) electrons. The Morgan fingerprint density at radius 3 is 2.72 bits per heavy atom. The molecule has 39 heavy (non-hydrogen) atoms. The number of fused-ring (bicyclic) bond motifs is 1. The van der Waals surface area contributed by atoms with E-state index in [0.29, 0.717) is 36.4 Å². The van der Waals surface area contributed by atoms with Crippen molar-refractivity contribution < 1.29 is 33.0 Å². The van der Waals surface area contributed by atoms with Crippen molar-refractivity contribution in [2.24, 2.45) is 0 Å². The minimum absolute atomic E-state index is 0.00560. The van der Waals surface area contributed by atoms with E-state index in [1.165, 1.54) is 22.8 Å². The molecule has 208 valence electrons. The summed E-state index contributed by atoms with van der Waals surface area (Å²) < 4.78 is 42.3. The van der Waals surface area contributed by atoms with Crippen molar-refractivity contribution in [2.45, 2.75) is 76.4 Å². The first-order valence-corrected chi connectivity index (χ1v) is 12.9. The Morgan fingerprint density at radius 2 is 1.97 bits per heavy atom. The molecule has 1 amide bonds. The van der Waals surface area contributed by atoms with Crippen LogP contribution in [0.25, 0.3) is 5.65 Å². The summed E-state index contributed by atoms with van der Waals surface area (Å²) in [7, 11) is 0. The summed E-state index contributed by atoms with van der Waals surface area (Å²) in [5, 5.41) is 16.3. The highest BCUT2D eigenvalue weighted by Crippen LogP contribution is 2.42. The first-order valence-electron chi connectivity index (χ1n) is 12.9. The third kappa shape index (κ3) is 5.89. The molecule has 3 aromatic rings. The molecule has 2 fully saturated rings. The lowest BCUT2D eigenvalue weighted by Crippen LogP contribution is -2.38. The Kier molecular flexibility index (Phi) is 7.04. The maximum atomic E-state index is 14.8. The van der Waals surface area contributed by atoms with Crippen molar-refractivity contribution in [3.8, 4) is 5.75 Å². The zero-order valence-corrected chi connectivity index (χ0v) is 21.9. The van der Waals surface area contributed by atoms with Gasteiger partial charge >= 0.3 is 12.1 Å². The number of carbonyl (C=O) groups excluding carboxylic acids is 1. The number of carboxylic acid groups (broad SMARTS) is 1. The van der Waals surface area contributed by atoms with Crippen LogP contribution in [0.1, 0.15) is 68.4 Å². The van der Waals surface area contributed by atoms with Crippen LogP contribution >= 0.6 is 0 Å². The number of benzene rings is 1. The number of nitrogens with zero attached hydrogens (tertiary/aromatic N) is 4. The molecule has 1 aromatic carbocycles. The number of amides is 1. The Hall–Kier alpha value is -3.96. The van der Waals surface area contributed by atoms with Gasteiger partial charge in [0, 0.05) is 30.6 Å². The summed E-state index contributed by atoms with van der Waals surface area (Å²) in [6.45, 7) is 5.40. The van der Waals surface area contributed by atoms with Crippen LogP contribution in [-0.2, 0) is 4.74 Å². The number of halogens is 2. The average Bonchev–Trinajstić information content (AvgIpc) is 3.56. The summed E-state index contributed by atoms with van der Waals surface area (Å²) in [6.07, 6.45) is 2.86. The highest BCUT2D eigenvalue weighted by Gasteiger charge is 2.37. The van der Waals surface area contributed by atoms with Crippen LogP contribution in [0.2, 0.25) is 0 Å². The normalized spacial score (nSPS) is 23.3. The second-order valence-electron chi connectivity index (χ2n) is 11.0. The van der Waals surface area contributed by atoms with E-state index in [1.54, 1.807) is 44.0 Å². The van der Waals surface area contributed by atoms with Crippen LogP contribution in [0, 0.1) is 5.82 Å². The molecule has 3 heterocycles. The van der Waals surface area contributed by atoms with Gasteiger partial charge in [0.15, 0.2) is 5.65 Å². The number of aromatic carboxylic acids is 1. The van der Waals surface area contributed by atoms with Crippen LogP contribution in [-0.4, -0.2) is 62.2 Å². The van der Waals surface area contributed by atoms with Crippen LogP contribution in [0.5, 0.6) is 5.75 Å².